The summed E-state index contributed by atoms with van der Waals surface area (Å²) in [6.07, 6.45) is 0.0800. The fourth-order valence-corrected chi connectivity index (χ4v) is 1.98. The molecule has 0 amide bonds. The Hall–Kier alpha value is -1.26. The van der Waals surface area contributed by atoms with Gasteiger partial charge in [-0.3, -0.25) is 0 Å². The topological polar surface area (TPSA) is 42.5 Å². The summed E-state index contributed by atoms with van der Waals surface area (Å²) in [6, 6.07) is 8.75. The van der Waals surface area contributed by atoms with Gasteiger partial charge in [0.05, 0.1) is 0 Å². The zero-order valence-electron chi connectivity index (χ0n) is 12.0. The lowest BCUT2D eigenvalue weighted by molar-refractivity contribution is 0.0885. The quantitative estimate of drug-likeness (QED) is 0.822. The van der Waals surface area contributed by atoms with E-state index in [0.717, 1.165) is 24.6 Å². The van der Waals surface area contributed by atoms with Gasteiger partial charge in [-0.1, -0.05) is 26.0 Å². The summed E-state index contributed by atoms with van der Waals surface area (Å²) in [4.78, 5) is 0. The van der Waals surface area contributed by atoms with Gasteiger partial charge in [0.15, 0.2) is 11.5 Å². The van der Waals surface area contributed by atoms with Gasteiger partial charge in [0.25, 0.3) is 0 Å². The minimum atomic E-state index is 0.0800. The molecule has 2 N–H and O–H groups in total. The summed E-state index contributed by atoms with van der Waals surface area (Å²) >= 11 is 0. The van der Waals surface area contributed by atoms with Crippen molar-refractivity contribution in [1.82, 2.24) is 10.6 Å². The molecule has 2 atom stereocenters. The fourth-order valence-electron chi connectivity index (χ4n) is 1.98. The minimum absolute atomic E-state index is 0.0800. The van der Waals surface area contributed by atoms with Crippen molar-refractivity contribution >= 4 is 0 Å². The van der Waals surface area contributed by atoms with Crippen molar-refractivity contribution in [3.63, 3.8) is 0 Å². The lowest BCUT2D eigenvalue weighted by Crippen LogP contribution is -2.45. The van der Waals surface area contributed by atoms with E-state index in [0.29, 0.717) is 18.7 Å². The second-order valence-electron chi connectivity index (χ2n) is 5.37. The molecule has 0 spiro atoms. The third-order valence-electron chi connectivity index (χ3n) is 3.09. The van der Waals surface area contributed by atoms with Crippen LogP contribution in [0.25, 0.3) is 0 Å². The molecular formula is C15H24N2O2. The van der Waals surface area contributed by atoms with Crippen molar-refractivity contribution in [3.05, 3.63) is 24.3 Å². The molecular weight excluding hydrogens is 240 g/mol. The summed E-state index contributed by atoms with van der Waals surface area (Å²) < 4.78 is 11.6. The number of nitrogens with one attached hydrogen (secondary N) is 2. The van der Waals surface area contributed by atoms with E-state index < -0.39 is 0 Å². The highest BCUT2D eigenvalue weighted by Crippen LogP contribution is 2.30. The van der Waals surface area contributed by atoms with Gasteiger partial charge in [-0.15, -0.1) is 0 Å². The first kappa shape index (κ1) is 14.2. The third kappa shape index (κ3) is 4.40. The molecule has 1 aromatic rings. The molecule has 1 aliphatic heterocycles. The molecule has 2 unspecified atom stereocenters. The van der Waals surface area contributed by atoms with Crippen LogP contribution in [0.1, 0.15) is 20.8 Å². The van der Waals surface area contributed by atoms with Crippen LogP contribution in [0, 0.1) is 0 Å². The van der Waals surface area contributed by atoms with Gasteiger partial charge >= 0.3 is 0 Å². The highest BCUT2D eigenvalue weighted by Gasteiger charge is 2.20. The van der Waals surface area contributed by atoms with Crippen LogP contribution < -0.4 is 20.1 Å². The van der Waals surface area contributed by atoms with E-state index in [1.54, 1.807) is 0 Å². The third-order valence-corrected chi connectivity index (χ3v) is 3.09. The molecule has 0 saturated carbocycles. The molecule has 0 radical (unpaired) electrons. The molecule has 1 aromatic carbocycles. The highest BCUT2D eigenvalue weighted by atomic mass is 16.6. The molecule has 1 heterocycles. The van der Waals surface area contributed by atoms with Crippen molar-refractivity contribution in [1.29, 1.82) is 0 Å². The maximum atomic E-state index is 5.90. The summed E-state index contributed by atoms with van der Waals surface area (Å²) in [5.41, 5.74) is 0. The van der Waals surface area contributed by atoms with Crippen LogP contribution in [0.3, 0.4) is 0 Å². The maximum absolute atomic E-state index is 5.90. The van der Waals surface area contributed by atoms with Crippen LogP contribution in [0.5, 0.6) is 11.5 Å². The van der Waals surface area contributed by atoms with Crippen molar-refractivity contribution < 1.29 is 9.47 Å². The van der Waals surface area contributed by atoms with Crippen LogP contribution in [-0.2, 0) is 0 Å². The number of benzene rings is 1. The lowest BCUT2D eigenvalue weighted by Gasteiger charge is -2.28. The summed E-state index contributed by atoms with van der Waals surface area (Å²) in [7, 11) is 0. The molecule has 0 aromatic heterocycles. The van der Waals surface area contributed by atoms with E-state index in [-0.39, 0.29) is 6.10 Å². The first-order valence-corrected chi connectivity index (χ1v) is 7.00. The van der Waals surface area contributed by atoms with Gasteiger partial charge in [-0.25, -0.2) is 0 Å². The Balaban J connectivity index is 1.73. The van der Waals surface area contributed by atoms with Crippen LogP contribution in [0.15, 0.2) is 24.3 Å². The van der Waals surface area contributed by atoms with Crippen LogP contribution >= 0.6 is 0 Å². The van der Waals surface area contributed by atoms with E-state index in [1.165, 1.54) is 0 Å². The molecule has 2 rings (SSSR count). The first-order valence-electron chi connectivity index (χ1n) is 7.00. The highest BCUT2D eigenvalue weighted by molar-refractivity contribution is 5.40. The Morgan fingerprint density at radius 2 is 1.89 bits per heavy atom. The Labute approximate surface area is 115 Å². The molecule has 19 heavy (non-hydrogen) atoms. The molecule has 0 bridgehead atoms. The van der Waals surface area contributed by atoms with Crippen LogP contribution in [0.2, 0.25) is 0 Å². The second kappa shape index (κ2) is 6.78. The van der Waals surface area contributed by atoms with Gasteiger partial charge in [0.2, 0.25) is 0 Å². The fraction of sp³-hybridized carbons (Fsp3) is 0.600. The Morgan fingerprint density at radius 1 is 1.16 bits per heavy atom. The number of ether oxygens (including phenoxy) is 2. The van der Waals surface area contributed by atoms with Gasteiger partial charge in [0, 0.05) is 25.2 Å². The lowest BCUT2D eigenvalue weighted by atomic mass is 10.2. The predicted octanol–water partition coefficient (Wildman–Crippen LogP) is 1.80. The van der Waals surface area contributed by atoms with Crippen molar-refractivity contribution in [2.75, 3.05) is 19.7 Å². The van der Waals surface area contributed by atoms with Crippen molar-refractivity contribution in [3.8, 4) is 11.5 Å². The van der Waals surface area contributed by atoms with Crippen LogP contribution in [0.4, 0.5) is 0 Å². The summed E-state index contributed by atoms with van der Waals surface area (Å²) in [6.45, 7) is 8.85. The van der Waals surface area contributed by atoms with Crippen molar-refractivity contribution in [2.24, 2.45) is 0 Å². The number of rotatable bonds is 6. The maximum Gasteiger partial charge on any atom is 0.161 e. The largest absolute Gasteiger partial charge is 0.486 e. The average molecular weight is 264 g/mol. The standard InChI is InChI=1S/C15H24N2O2/c1-11(2)16-8-12(3)17-9-13-10-18-14-6-4-5-7-15(14)19-13/h4-7,11-13,16-17H,8-10H2,1-3H3. The zero-order chi connectivity index (χ0) is 13.7. The molecule has 4 nitrogen and oxygen atoms in total. The molecule has 0 fully saturated rings. The van der Waals surface area contributed by atoms with E-state index in [2.05, 4.69) is 31.4 Å². The molecule has 0 aliphatic carbocycles. The molecule has 106 valence electrons. The summed E-state index contributed by atoms with van der Waals surface area (Å²) in [5.74, 6) is 1.68. The van der Waals surface area contributed by atoms with E-state index in [9.17, 15) is 0 Å². The zero-order valence-corrected chi connectivity index (χ0v) is 12.0. The monoisotopic (exact) mass is 264 g/mol. The van der Waals surface area contributed by atoms with E-state index in [4.69, 9.17) is 9.47 Å². The van der Waals surface area contributed by atoms with Gasteiger partial charge < -0.3 is 20.1 Å². The van der Waals surface area contributed by atoms with Gasteiger partial charge in [-0.05, 0) is 19.1 Å². The Kier molecular flexibility index (Phi) is 5.05. The number of hydrogen-bond donors (Lipinski definition) is 2. The number of hydrogen-bond acceptors (Lipinski definition) is 4. The van der Waals surface area contributed by atoms with Gasteiger partial charge in [0.1, 0.15) is 12.7 Å². The first-order chi connectivity index (χ1) is 9.15. The van der Waals surface area contributed by atoms with E-state index in [1.807, 2.05) is 24.3 Å². The summed E-state index contributed by atoms with van der Waals surface area (Å²) in [5, 5.41) is 6.89. The second-order valence-corrected chi connectivity index (χ2v) is 5.37. The number of para-hydroxylation sites is 2. The minimum Gasteiger partial charge on any atom is -0.486 e. The molecule has 4 heteroatoms. The number of fused-ring (bicyclic) bond motifs is 1. The predicted molar refractivity (Wildman–Crippen MR) is 77.0 cm³/mol. The Morgan fingerprint density at radius 3 is 2.63 bits per heavy atom. The molecule has 0 saturated heterocycles. The normalized spacial score (nSPS) is 19.5. The van der Waals surface area contributed by atoms with Crippen molar-refractivity contribution in [2.45, 2.75) is 39.0 Å². The smallest absolute Gasteiger partial charge is 0.161 e. The van der Waals surface area contributed by atoms with Crippen LogP contribution in [-0.4, -0.2) is 37.9 Å². The van der Waals surface area contributed by atoms with Gasteiger partial charge in [-0.2, -0.15) is 0 Å². The average Bonchev–Trinajstić information content (AvgIpc) is 2.42. The molecule has 1 aliphatic rings. The SMILES string of the molecule is CC(C)NCC(C)NCC1COc2ccccc2O1. The van der Waals surface area contributed by atoms with E-state index >= 15 is 0 Å². The Bertz CT molecular complexity index is 395.